The number of nitrogens with zero attached hydrogens (tertiary/aromatic N) is 1. The maximum Gasteiger partial charge on any atom is 0.410 e. The van der Waals surface area contributed by atoms with Crippen molar-refractivity contribution < 1.29 is 29.0 Å². The quantitative estimate of drug-likeness (QED) is 0.313. The summed E-state index contributed by atoms with van der Waals surface area (Å²) in [6.45, 7) is 5.79. The van der Waals surface area contributed by atoms with Crippen LogP contribution >= 0.6 is 11.3 Å². The Kier molecular flexibility index (Phi) is 8.35. The van der Waals surface area contributed by atoms with Crippen LogP contribution in [0, 0.1) is 0 Å². The molecule has 1 heterocycles. The third-order valence-corrected chi connectivity index (χ3v) is 8.66. The van der Waals surface area contributed by atoms with Crippen LogP contribution in [0.5, 0.6) is 0 Å². The van der Waals surface area contributed by atoms with E-state index in [1.807, 2.05) is 45.0 Å². The molecular formula is C32H36N2O6S. The van der Waals surface area contributed by atoms with Gasteiger partial charge in [0.15, 0.2) is 0 Å². The summed E-state index contributed by atoms with van der Waals surface area (Å²) < 4.78 is 11.6. The number of hydrogen-bond acceptors (Lipinski definition) is 6. The van der Waals surface area contributed by atoms with Crippen LogP contribution in [0.1, 0.15) is 78.0 Å². The maximum absolute atomic E-state index is 13.9. The van der Waals surface area contributed by atoms with E-state index >= 15 is 0 Å². The topological polar surface area (TPSA) is 105 Å². The van der Waals surface area contributed by atoms with Gasteiger partial charge in [-0.1, -0.05) is 61.4 Å². The highest BCUT2D eigenvalue weighted by atomic mass is 32.1. The number of aromatic carboxylic acids is 1. The highest BCUT2D eigenvalue weighted by molar-refractivity contribution is 7.13. The lowest BCUT2D eigenvalue weighted by atomic mass is 9.89. The second-order valence-electron chi connectivity index (χ2n) is 11.6. The summed E-state index contributed by atoms with van der Waals surface area (Å²) in [5.74, 6) is -1.09. The van der Waals surface area contributed by atoms with E-state index in [0.29, 0.717) is 12.8 Å². The zero-order chi connectivity index (χ0) is 29.1. The summed E-state index contributed by atoms with van der Waals surface area (Å²) in [6, 6.07) is 19.0. The lowest BCUT2D eigenvalue weighted by Crippen LogP contribution is -2.55. The smallest absolute Gasteiger partial charge is 0.410 e. The van der Waals surface area contributed by atoms with Gasteiger partial charge in [-0.3, -0.25) is 4.90 Å². The molecule has 0 bridgehead atoms. The lowest BCUT2D eigenvalue weighted by molar-refractivity contribution is 0.0369. The van der Waals surface area contributed by atoms with E-state index in [4.69, 9.17) is 9.47 Å². The van der Waals surface area contributed by atoms with Gasteiger partial charge in [0.2, 0.25) is 0 Å². The number of carboxylic acid groups (broad SMARTS) is 1. The largest absolute Gasteiger partial charge is 0.477 e. The SMILES string of the molecule is CC(C)(C)OC(=O)N[C@H]1CCCC[C@@H]1N(Cc1ccc(C(=O)O)s1)C(=O)OCC1c2ccccc2-c2ccccc21. The zero-order valence-corrected chi connectivity index (χ0v) is 24.4. The molecular weight excluding hydrogens is 540 g/mol. The number of fused-ring (bicyclic) bond motifs is 3. The number of amides is 2. The van der Waals surface area contributed by atoms with E-state index in [1.165, 1.54) is 0 Å². The first-order valence-electron chi connectivity index (χ1n) is 14.0. The number of carbonyl (C=O) groups excluding carboxylic acids is 2. The molecule has 41 heavy (non-hydrogen) atoms. The van der Waals surface area contributed by atoms with Gasteiger partial charge >= 0.3 is 18.2 Å². The third kappa shape index (κ3) is 6.56. The van der Waals surface area contributed by atoms with Gasteiger partial charge in [0.1, 0.15) is 17.1 Å². The van der Waals surface area contributed by atoms with Gasteiger partial charge in [0.25, 0.3) is 0 Å². The van der Waals surface area contributed by atoms with Crippen LogP contribution in [0.2, 0.25) is 0 Å². The highest BCUT2D eigenvalue weighted by Gasteiger charge is 2.37. The minimum Gasteiger partial charge on any atom is -0.477 e. The molecule has 1 aromatic heterocycles. The number of hydrogen-bond donors (Lipinski definition) is 2. The molecule has 1 fully saturated rings. The summed E-state index contributed by atoms with van der Waals surface area (Å²) >= 11 is 1.14. The highest BCUT2D eigenvalue weighted by Crippen LogP contribution is 2.44. The molecule has 2 atom stereocenters. The minimum atomic E-state index is -1.00. The number of benzene rings is 2. The molecule has 216 valence electrons. The van der Waals surface area contributed by atoms with Gasteiger partial charge in [0.05, 0.1) is 18.6 Å². The first-order valence-corrected chi connectivity index (χ1v) is 14.9. The van der Waals surface area contributed by atoms with E-state index in [1.54, 1.807) is 17.0 Å². The van der Waals surface area contributed by atoms with Crippen LogP contribution in [-0.2, 0) is 16.0 Å². The third-order valence-electron chi connectivity index (χ3n) is 7.60. The van der Waals surface area contributed by atoms with Crippen molar-refractivity contribution in [1.82, 2.24) is 10.2 Å². The van der Waals surface area contributed by atoms with Crippen molar-refractivity contribution >= 4 is 29.5 Å². The molecule has 2 amide bonds. The Morgan fingerprint density at radius 1 is 0.951 bits per heavy atom. The van der Waals surface area contributed by atoms with E-state index in [2.05, 4.69) is 29.6 Å². The fourth-order valence-electron chi connectivity index (χ4n) is 5.85. The Hall–Kier alpha value is -3.85. The predicted octanol–water partition coefficient (Wildman–Crippen LogP) is 7.03. The summed E-state index contributed by atoms with van der Waals surface area (Å²) in [5.41, 5.74) is 3.90. The van der Waals surface area contributed by atoms with Gasteiger partial charge in [0, 0.05) is 10.8 Å². The molecule has 2 aliphatic carbocycles. The number of nitrogens with one attached hydrogen (secondary N) is 1. The molecule has 0 saturated heterocycles. The molecule has 0 unspecified atom stereocenters. The number of rotatable bonds is 7. The number of alkyl carbamates (subject to hydrolysis) is 1. The summed E-state index contributed by atoms with van der Waals surface area (Å²) in [7, 11) is 0. The minimum absolute atomic E-state index is 0.0874. The number of thiophene rings is 1. The monoisotopic (exact) mass is 576 g/mol. The van der Waals surface area contributed by atoms with Crippen molar-refractivity contribution in [1.29, 1.82) is 0 Å². The number of carbonyl (C=O) groups is 3. The van der Waals surface area contributed by atoms with Crippen LogP contribution in [-0.4, -0.2) is 52.5 Å². The Bertz CT molecular complexity index is 1380. The summed E-state index contributed by atoms with van der Waals surface area (Å²) in [4.78, 5) is 40.7. The van der Waals surface area contributed by atoms with E-state index in [0.717, 1.165) is 51.3 Å². The van der Waals surface area contributed by atoms with Crippen molar-refractivity contribution in [3.05, 3.63) is 81.5 Å². The second kappa shape index (κ2) is 11.9. The standard InChI is InChI=1S/C32H36N2O6S/c1-32(2,3)40-30(37)33-26-14-8-9-15-27(26)34(18-20-16-17-28(41-20)29(35)36)31(38)39-19-25-23-12-6-4-10-21(23)22-11-5-7-13-24(22)25/h4-7,10-13,16-17,25-27H,8-9,14-15,18-19H2,1-3H3,(H,33,37)(H,35,36)/t26-,27-/m0/s1. The van der Waals surface area contributed by atoms with Gasteiger partial charge in [-0.15, -0.1) is 11.3 Å². The summed E-state index contributed by atoms with van der Waals surface area (Å²) in [5, 5.41) is 12.4. The fourth-order valence-corrected chi connectivity index (χ4v) is 6.70. The molecule has 0 aliphatic heterocycles. The van der Waals surface area contributed by atoms with E-state index in [9.17, 15) is 19.5 Å². The zero-order valence-electron chi connectivity index (χ0n) is 23.6. The summed E-state index contributed by atoms with van der Waals surface area (Å²) in [6.07, 6.45) is 2.18. The molecule has 0 radical (unpaired) electrons. The molecule has 1 saturated carbocycles. The normalized spacial score (nSPS) is 18.2. The van der Waals surface area contributed by atoms with Gasteiger partial charge < -0.3 is 19.9 Å². The number of ether oxygens (including phenoxy) is 2. The van der Waals surface area contributed by atoms with Crippen LogP contribution < -0.4 is 5.32 Å². The molecule has 8 nitrogen and oxygen atoms in total. The first-order chi connectivity index (χ1) is 19.6. The molecule has 2 aliphatic rings. The van der Waals surface area contributed by atoms with Crippen LogP contribution in [0.15, 0.2) is 60.7 Å². The average molecular weight is 577 g/mol. The van der Waals surface area contributed by atoms with E-state index in [-0.39, 0.29) is 36.0 Å². The van der Waals surface area contributed by atoms with Crippen LogP contribution in [0.3, 0.4) is 0 Å². The maximum atomic E-state index is 13.9. The predicted molar refractivity (Wildman–Crippen MR) is 157 cm³/mol. The Morgan fingerprint density at radius 2 is 1.59 bits per heavy atom. The average Bonchev–Trinajstić information content (AvgIpc) is 3.53. The lowest BCUT2D eigenvalue weighted by Gasteiger charge is -2.39. The van der Waals surface area contributed by atoms with Crippen LogP contribution in [0.4, 0.5) is 9.59 Å². The first kappa shape index (κ1) is 28.7. The van der Waals surface area contributed by atoms with Crippen molar-refractivity contribution in [2.75, 3.05) is 6.61 Å². The fraction of sp³-hybridized carbons (Fsp3) is 0.406. The van der Waals surface area contributed by atoms with Gasteiger partial charge in [-0.25, -0.2) is 14.4 Å². The van der Waals surface area contributed by atoms with Crippen molar-refractivity contribution in [3.8, 4) is 11.1 Å². The van der Waals surface area contributed by atoms with Gasteiger partial charge in [-0.2, -0.15) is 0 Å². The van der Waals surface area contributed by atoms with E-state index < -0.39 is 23.8 Å². The Morgan fingerprint density at radius 3 is 2.20 bits per heavy atom. The molecule has 3 aromatic rings. The van der Waals surface area contributed by atoms with Crippen molar-refractivity contribution in [3.63, 3.8) is 0 Å². The van der Waals surface area contributed by atoms with Crippen molar-refractivity contribution in [2.24, 2.45) is 0 Å². The second-order valence-corrected chi connectivity index (χ2v) is 12.8. The Labute approximate surface area is 244 Å². The number of carboxylic acids is 1. The van der Waals surface area contributed by atoms with Crippen molar-refractivity contribution in [2.45, 2.75) is 76.6 Å². The molecule has 2 aromatic carbocycles. The molecule has 5 rings (SSSR count). The van der Waals surface area contributed by atoms with Crippen LogP contribution in [0.25, 0.3) is 11.1 Å². The molecule has 0 spiro atoms. The Balaban J connectivity index is 1.38. The molecule has 9 heteroatoms. The van der Waals surface area contributed by atoms with Gasteiger partial charge in [-0.05, 0) is 68.0 Å². The molecule has 2 N–H and O–H groups in total.